The Hall–Kier alpha value is -1.64. The number of piperazine rings is 1. The van der Waals surface area contributed by atoms with Crippen LogP contribution in [0.3, 0.4) is 0 Å². The van der Waals surface area contributed by atoms with E-state index in [1.165, 1.54) is 23.7 Å². The van der Waals surface area contributed by atoms with Gasteiger partial charge in [-0.15, -0.1) is 0 Å². The smallest absolute Gasteiger partial charge is 0.205 e. The van der Waals surface area contributed by atoms with Crippen molar-refractivity contribution in [2.24, 2.45) is 0 Å². The number of hydrogen-bond acceptors (Lipinski definition) is 6. The number of ether oxygens (including phenoxy) is 1. The number of hydrogen-bond donors (Lipinski definition) is 0. The number of benzene rings is 1. The van der Waals surface area contributed by atoms with Crippen LogP contribution >= 0.6 is 11.5 Å². The van der Waals surface area contributed by atoms with Crippen molar-refractivity contribution >= 4 is 16.7 Å². The number of aromatic nitrogens is 2. The molecule has 5 nitrogen and oxygen atoms in total. The molecule has 1 fully saturated rings. The summed E-state index contributed by atoms with van der Waals surface area (Å²) in [6.07, 6.45) is 0. The maximum atomic E-state index is 13.8. The van der Waals surface area contributed by atoms with E-state index in [1.807, 2.05) is 0 Å². The molecule has 2 aromatic rings. The third kappa shape index (κ3) is 3.88. The van der Waals surface area contributed by atoms with Crippen molar-refractivity contribution in [3.05, 3.63) is 41.2 Å². The molecule has 24 heavy (non-hydrogen) atoms. The fourth-order valence-corrected chi connectivity index (χ4v) is 3.54. The van der Waals surface area contributed by atoms with Gasteiger partial charge in [0.1, 0.15) is 18.2 Å². The highest BCUT2D eigenvalue weighted by Gasteiger charge is 2.26. The van der Waals surface area contributed by atoms with Crippen LogP contribution in [0.2, 0.25) is 0 Å². The Morgan fingerprint density at radius 1 is 1.33 bits per heavy atom. The molecular formula is C16H20F2N4OS. The highest BCUT2D eigenvalue weighted by molar-refractivity contribution is 7.09. The van der Waals surface area contributed by atoms with Gasteiger partial charge in [0.05, 0.1) is 0 Å². The molecule has 0 N–H and O–H groups in total. The van der Waals surface area contributed by atoms with Gasteiger partial charge in [0.2, 0.25) is 5.13 Å². The molecule has 0 radical (unpaired) electrons. The van der Waals surface area contributed by atoms with E-state index in [-0.39, 0.29) is 6.04 Å². The second-order valence-corrected chi connectivity index (χ2v) is 6.66. The number of nitrogens with zero attached hydrogens (tertiary/aromatic N) is 4. The average Bonchev–Trinajstić information content (AvgIpc) is 3.01. The fourth-order valence-electron chi connectivity index (χ4n) is 2.83. The Morgan fingerprint density at radius 3 is 2.88 bits per heavy atom. The van der Waals surface area contributed by atoms with Crippen LogP contribution in [0.4, 0.5) is 13.9 Å². The predicted octanol–water partition coefficient (Wildman–Crippen LogP) is 2.67. The van der Waals surface area contributed by atoms with Crippen LogP contribution in [0.5, 0.6) is 0 Å². The zero-order valence-corrected chi connectivity index (χ0v) is 14.5. The second kappa shape index (κ2) is 7.50. The van der Waals surface area contributed by atoms with Crippen LogP contribution in [0.25, 0.3) is 0 Å². The Labute approximate surface area is 144 Å². The van der Waals surface area contributed by atoms with Crippen molar-refractivity contribution in [1.82, 2.24) is 14.3 Å². The standard InChI is InChI=1S/C16H20F2N4OS/c1-11-8-22(16-19-15(10-23-2)20-24-16)6-5-21(11)9-12-3-4-13(17)7-14(12)18/h3-4,7,11H,5-6,8-10H2,1-2H3. The third-order valence-electron chi connectivity index (χ3n) is 4.15. The largest absolute Gasteiger partial charge is 0.377 e. The van der Waals surface area contributed by atoms with Gasteiger partial charge in [-0.25, -0.2) is 13.8 Å². The normalized spacial score (nSPS) is 19.0. The van der Waals surface area contributed by atoms with Crippen LogP contribution in [0.15, 0.2) is 18.2 Å². The molecule has 1 unspecified atom stereocenters. The van der Waals surface area contributed by atoms with Crippen LogP contribution in [-0.2, 0) is 17.9 Å². The summed E-state index contributed by atoms with van der Waals surface area (Å²) in [5.41, 5.74) is 0.523. The summed E-state index contributed by atoms with van der Waals surface area (Å²) in [6.45, 7) is 5.38. The van der Waals surface area contributed by atoms with Crippen LogP contribution < -0.4 is 4.90 Å². The van der Waals surface area contributed by atoms with Gasteiger partial charge in [-0.3, -0.25) is 4.90 Å². The SMILES string of the molecule is COCc1nsc(N2CCN(Cc3ccc(F)cc3F)C(C)C2)n1. The minimum Gasteiger partial charge on any atom is -0.377 e. The predicted molar refractivity (Wildman–Crippen MR) is 89.1 cm³/mol. The van der Waals surface area contributed by atoms with Gasteiger partial charge in [0.15, 0.2) is 5.82 Å². The van der Waals surface area contributed by atoms with Crippen molar-refractivity contribution in [1.29, 1.82) is 0 Å². The van der Waals surface area contributed by atoms with E-state index in [9.17, 15) is 8.78 Å². The van der Waals surface area contributed by atoms with E-state index in [0.717, 1.165) is 30.8 Å². The van der Waals surface area contributed by atoms with Crippen molar-refractivity contribution in [2.75, 3.05) is 31.6 Å². The molecule has 2 heterocycles. The number of halogens is 2. The molecule has 0 amide bonds. The molecule has 1 atom stereocenters. The lowest BCUT2D eigenvalue weighted by atomic mass is 10.1. The number of methoxy groups -OCH3 is 1. The number of anilines is 1. The highest BCUT2D eigenvalue weighted by atomic mass is 32.1. The van der Waals surface area contributed by atoms with Gasteiger partial charge in [0, 0.05) is 62.5 Å². The summed E-state index contributed by atoms with van der Waals surface area (Å²) >= 11 is 1.37. The molecule has 8 heteroatoms. The first-order valence-electron chi connectivity index (χ1n) is 7.81. The summed E-state index contributed by atoms with van der Waals surface area (Å²) in [7, 11) is 1.62. The lowest BCUT2D eigenvalue weighted by Crippen LogP contribution is -2.51. The lowest BCUT2D eigenvalue weighted by Gasteiger charge is -2.39. The molecule has 0 aliphatic carbocycles. The van der Waals surface area contributed by atoms with E-state index in [4.69, 9.17) is 4.74 Å². The third-order valence-corrected chi connectivity index (χ3v) is 4.97. The van der Waals surface area contributed by atoms with Crippen LogP contribution in [0.1, 0.15) is 18.3 Å². The maximum absolute atomic E-state index is 13.8. The van der Waals surface area contributed by atoms with E-state index in [0.29, 0.717) is 24.5 Å². The molecule has 130 valence electrons. The second-order valence-electron chi connectivity index (χ2n) is 5.93. The zero-order valence-electron chi connectivity index (χ0n) is 13.7. The minimum absolute atomic E-state index is 0.234. The molecule has 1 aromatic carbocycles. The van der Waals surface area contributed by atoms with Gasteiger partial charge >= 0.3 is 0 Å². The van der Waals surface area contributed by atoms with Crippen molar-refractivity contribution in [2.45, 2.75) is 26.1 Å². The molecule has 1 aliphatic rings. The van der Waals surface area contributed by atoms with Gasteiger partial charge in [-0.2, -0.15) is 4.37 Å². The molecule has 0 saturated carbocycles. The molecule has 3 rings (SSSR count). The van der Waals surface area contributed by atoms with E-state index < -0.39 is 11.6 Å². The van der Waals surface area contributed by atoms with Crippen LogP contribution in [0, 0.1) is 11.6 Å². The van der Waals surface area contributed by atoms with E-state index in [2.05, 4.69) is 26.1 Å². The zero-order chi connectivity index (χ0) is 17.1. The lowest BCUT2D eigenvalue weighted by molar-refractivity contribution is 0.176. The highest BCUT2D eigenvalue weighted by Crippen LogP contribution is 2.23. The van der Waals surface area contributed by atoms with Gasteiger partial charge in [-0.05, 0) is 13.0 Å². The van der Waals surface area contributed by atoms with Crippen LogP contribution in [-0.4, -0.2) is 47.0 Å². The summed E-state index contributed by atoms with van der Waals surface area (Å²) in [5.74, 6) is -0.337. The summed E-state index contributed by atoms with van der Waals surface area (Å²) in [6, 6.07) is 4.00. The Morgan fingerprint density at radius 2 is 2.17 bits per heavy atom. The van der Waals surface area contributed by atoms with Crippen molar-refractivity contribution in [3.8, 4) is 0 Å². The first kappa shape index (κ1) is 17.2. The number of rotatable bonds is 5. The molecule has 1 aromatic heterocycles. The Bertz CT molecular complexity index is 696. The summed E-state index contributed by atoms with van der Waals surface area (Å²) < 4.78 is 36.2. The van der Waals surface area contributed by atoms with Gasteiger partial charge in [-0.1, -0.05) is 6.07 Å². The quantitative estimate of drug-likeness (QED) is 0.826. The summed E-state index contributed by atoms with van der Waals surface area (Å²) in [4.78, 5) is 8.87. The molecule has 1 aliphatic heterocycles. The fraction of sp³-hybridized carbons (Fsp3) is 0.500. The monoisotopic (exact) mass is 354 g/mol. The molecular weight excluding hydrogens is 334 g/mol. The molecule has 1 saturated heterocycles. The summed E-state index contributed by atoms with van der Waals surface area (Å²) in [5, 5.41) is 0.890. The van der Waals surface area contributed by atoms with Gasteiger partial charge in [0.25, 0.3) is 0 Å². The van der Waals surface area contributed by atoms with Crippen molar-refractivity contribution < 1.29 is 13.5 Å². The maximum Gasteiger partial charge on any atom is 0.205 e. The van der Waals surface area contributed by atoms with E-state index in [1.54, 1.807) is 7.11 Å². The molecule has 0 bridgehead atoms. The minimum atomic E-state index is -0.544. The first-order valence-corrected chi connectivity index (χ1v) is 8.58. The van der Waals surface area contributed by atoms with Crippen molar-refractivity contribution in [3.63, 3.8) is 0 Å². The topological polar surface area (TPSA) is 41.5 Å². The Balaban J connectivity index is 1.62. The van der Waals surface area contributed by atoms with E-state index >= 15 is 0 Å². The first-order chi connectivity index (χ1) is 11.6. The average molecular weight is 354 g/mol. The Kier molecular flexibility index (Phi) is 5.37. The van der Waals surface area contributed by atoms with Gasteiger partial charge < -0.3 is 9.64 Å². The molecule has 0 spiro atoms.